The van der Waals surface area contributed by atoms with Crippen LogP contribution in [0.25, 0.3) is 12.2 Å². The molecule has 0 amide bonds. The van der Waals surface area contributed by atoms with Gasteiger partial charge in [-0.3, -0.25) is 45.4 Å². The van der Waals surface area contributed by atoms with Crippen LogP contribution >= 0.6 is 11.6 Å². The number of nitro benzene ring substituents is 4. The maximum Gasteiger partial charge on any atom is 0.324 e. The summed E-state index contributed by atoms with van der Waals surface area (Å²) in [5.41, 5.74) is -1.51. The molecule has 1 heterocycles. The number of nitro groups is 4. The lowest BCUT2D eigenvalue weighted by molar-refractivity contribution is -0.404. The first-order chi connectivity index (χ1) is 16.0. The lowest BCUT2D eigenvalue weighted by Gasteiger charge is -1.98. The van der Waals surface area contributed by atoms with Gasteiger partial charge in [0.25, 0.3) is 17.1 Å². The zero-order valence-electron chi connectivity index (χ0n) is 16.7. The van der Waals surface area contributed by atoms with Crippen molar-refractivity contribution in [3.05, 3.63) is 111 Å². The molecule has 0 saturated carbocycles. The minimum atomic E-state index is -1.21. The van der Waals surface area contributed by atoms with E-state index in [-0.39, 0.29) is 5.69 Å². The molecule has 0 aliphatic rings. The van der Waals surface area contributed by atoms with E-state index in [1.165, 1.54) is 12.1 Å². The molecule has 3 aromatic rings. The first-order valence-electron chi connectivity index (χ1n) is 8.84. The van der Waals surface area contributed by atoms with Crippen LogP contribution in [0.15, 0.2) is 54.7 Å². The third kappa shape index (κ3) is 6.51. The zero-order chi connectivity index (χ0) is 25.4. The Balaban J connectivity index is 0.000000242. The lowest BCUT2D eigenvalue weighted by atomic mass is 10.2. The molecule has 0 aliphatic heterocycles. The predicted molar refractivity (Wildman–Crippen MR) is 119 cm³/mol. The number of non-ortho nitro benzene ring substituents is 2. The number of rotatable bonds is 6. The first kappa shape index (κ1) is 25.3. The van der Waals surface area contributed by atoms with Gasteiger partial charge in [-0.2, -0.15) is 0 Å². The Morgan fingerprint density at radius 2 is 1.35 bits per heavy atom. The van der Waals surface area contributed by atoms with Crippen LogP contribution in [0.3, 0.4) is 0 Å². The Morgan fingerprint density at radius 1 is 0.765 bits per heavy atom. The fourth-order valence-electron chi connectivity index (χ4n) is 2.39. The number of benzene rings is 2. The number of aromatic nitrogens is 1. The smallest absolute Gasteiger partial charge is 0.324 e. The molecule has 0 saturated heterocycles. The number of nitrogens with zero attached hydrogens (tertiary/aromatic N) is 5. The molecule has 15 heteroatoms. The lowest BCUT2D eigenvalue weighted by Crippen LogP contribution is -1.97. The van der Waals surface area contributed by atoms with Crippen LogP contribution in [0.1, 0.15) is 11.3 Å². The second kappa shape index (κ2) is 11.1. The Kier molecular flexibility index (Phi) is 8.22. The van der Waals surface area contributed by atoms with Crippen molar-refractivity contribution in [2.24, 2.45) is 0 Å². The van der Waals surface area contributed by atoms with E-state index >= 15 is 0 Å². The van der Waals surface area contributed by atoms with Crippen molar-refractivity contribution in [3.63, 3.8) is 0 Å². The van der Waals surface area contributed by atoms with E-state index in [1.54, 1.807) is 24.4 Å². The minimum Gasteiger partial charge on any atom is -0.497 e. The highest BCUT2D eigenvalue weighted by Gasteiger charge is 2.30. The number of halogens is 1. The van der Waals surface area contributed by atoms with Gasteiger partial charge < -0.3 is 5.11 Å². The van der Waals surface area contributed by atoms with E-state index in [2.05, 4.69) is 4.98 Å². The summed E-state index contributed by atoms with van der Waals surface area (Å²) in [5, 5.41) is 51.1. The summed E-state index contributed by atoms with van der Waals surface area (Å²) in [6.45, 7) is 0. The van der Waals surface area contributed by atoms with Crippen molar-refractivity contribution >= 4 is 46.5 Å². The maximum absolute atomic E-state index is 10.6. The van der Waals surface area contributed by atoms with Gasteiger partial charge in [0.2, 0.25) is 0 Å². The van der Waals surface area contributed by atoms with Crippen molar-refractivity contribution in [1.82, 2.24) is 4.98 Å². The van der Waals surface area contributed by atoms with Crippen molar-refractivity contribution in [2.75, 3.05) is 0 Å². The Bertz CT molecular complexity index is 1260. The van der Waals surface area contributed by atoms with Crippen LogP contribution in [0.2, 0.25) is 5.02 Å². The van der Waals surface area contributed by atoms with Gasteiger partial charge in [0.1, 0.15) is 0 Å². The third-order valence-electron chi connectivity index (χ3n) is 3.97. The molecule has 34 heavy (non-hydrogen) atoms. The molecule has 0 radical (unpaired) electrons. The van der Waals surface area contributed by atoms with Crippen LogP contribution in [0.5, 0.6) is 5.75 Å². The molecule has 2 aromatic carbocycles. The number of hydrogen-bond donors (Lipinski definition) is 1. The van der Waals surface area contributed by atoms with Crippen molar-refractivity contribution in [3.8, 4) is 5.75 Å². The van der Waals surface area contributed by atoms with Crippen molar-refractivity contribution in [1.29, 1.82) is 0 Å². The largest absolute Gasteiger partial charge is 0.497 e. The molecule has 0 fully saturated rings. The first-order valence-corrected chi connectivity index (χ1v) is 9.22. The van der Waals surface area contributed by atoms with E-state index < -0.39 is 42.5 Å². The summed E-state index contributed by atoms with van der Waals surface area (Å²) in [4.78, 5) is 42.0. The highest BCUT2D eigenvalue weighted by molar-refractivity contribution is 6.32. The van der Waals surface area contributed by atoms with E-state index in [0.717, 1.165) is 5.69 Å². The van der Waals surface area contributed by atoms with E-state index in [0.29, 0.717) is 22.7 Å². The topological polar surface area (TPSA) is 206 Å². The van der Waals surface area contributed by atoms with Crippen LogP contribution in [0.4, 0.5) is 22.7 Å². The predicted octanol–water partition coefficient (Wildman–Crippen LogP) is 4.93. The molecule has 1 aromatic heterocycles. The SMILES string of the molecule is O=[N+]([O-])c1cc([N+](=O)[O-])c(O)c([N+](=O)[O-])c1.O=[N+]([O-])c1ccc(/C=C\c2ccccn2)c(Cl)c1. The van der Waals surface area contributed by atoms with Crippen LogP contribution < -0.4 is 0 Å². The quantitative estimate of drug-likeness (QED) is 0.364. The van der Waals surface area contributed by atoms with Crippen LogP contribution in [-0.2, 0) is 0 Å². The molecule has 0 unspecified atom stereocenters. The number of hydrogen-bond acceptors (Lipinski definition) is 10. The van der Waals surface area contributed by atoms with Gasteiger partial charge in [-0.15, -0.1) is 0 Å². The van der Waals surface area contributed by atoms with Crippen LogP contribution in [0, 0.1) is 40.5 Å². The number of phenols is 1. The molecule has 3 rings (SSSR count). The second-order valence-electron chi connectivity index (χ2n) is 6.15. The normalized spacial score (nSPS) is 10.3. The highest BCUT2D eigenvalue weighted by Crippen LogP contribution is 2.39. The molecule has 0 aliphatic carbocycles. The Hall–Kier alpha value is -4.98. The van der Waals surface area contributed by atoms with Gasteiger partial charge in [-0.1, -0.05) is 23.7 Å². The minimum absolute atomic E-state index is 0.0185. The van der Waals surface area contributed by atoms with E-state index in [9.17, 15) is 40.5 Å². The summed E-state index contributed by atoms with van der Waals surface area (Å²) < 4.78 is 0. The summed E-state index contributed by atoms with van der Waals surface area (Å²) in [6.07, 6.45) is 5.26. The van der Waals surface area contributed by atoms with Gasteiger partial charge in [-0.05, 0) is 29.8 Å². The van der Waals surface area contributed by atoms with Crippen molar-refractivity contribution < 1.29 is 24.8 Å². The van der Waals surface area contributed by atoms with Gasteiger partial charge in [-0.25, -0.2) is 0 Å². The molecular weight excluding hydrogens is 478 g/mol. The number of aromatic hydroxyl groups is 1. The average Bonchev–Trinajstić information content (AvgIpc) is 2.78. The summed E-state index contributed by atoms with van der Waals surface area (Å²) in [6, 6.07) is 10.8. The van der Waals surface area contributed by atoms with E-state index in [1.807, 2.05) is 18.2 Å². The highest BCUT2D eigenvalue weighted by atomic mass is 35.5. The molecule has 0 atom stereocenters. The summed E-state index contributed by atoms with van der Waals surface area (Å²) >= 11 is 5.96. The zero-order valence-corrected chi connectivity index (χ0v) is 17.4. The molecular formula is C19H12ClN5O9. The standard InChI is InChI=1S/C13H9ClN2O2.C6H3N3O7/c14-13-9-12(16(17)18)7-5-10(13)4-6-11-3-1-2-8-15-11;10-6-4(8(13)14)1-3(7(11)12)2-5(6)9(15)16/h1-9H;1-2,10H/b6-4-;. The van der Waals surface area contributed by atoms with Crippen molar-refractivity contribution in [2.45, 2.75) is 0 Å². The van der Waals surface area contributed by atoms with Gasteiger partial charge >= 0.3 is 11.4 Å². The fourth-order valence-corrected chi connectivity index (χ4v) is 2.63. The number of phenolic OH excluding ortho intramolecular Hbond substituents is 1. The molecule has 174 valence electrons. The van der Waals surface area contributed by atoms with Gasteiger partial charge in [0.05, 0.1) is 42.5 Å². The molecule has 14 nitrogen and oxygen atoms in total. The van der Waals surface area contributed by atoms with Gasteiger partial charge in [0.15, 0.2) is 0 Å². The third-order valence-corrected chi connectivity index (χ3v) is 4.30. The molecule has 0 bridgehead atoms. The van der Waals surface area contributed by atoms with Gasteiger partial charge in [0, 0.05) is 18.3 Å². The van der Waals surface area contributed by atoms with Crippen LogP contribution in [-0.4, -0.2) is 29.8 Å². The second-order valence-corrected chi connectivity index (χ2v) is 6.56. The number of pyridine rings is 1. The Morgan fingerprint density at radius 3 is 1.79 bits per heavy atom. The molecule has 0 spiro atoms. The fraction of sp³-hybridized carbons (Fsp3) is 0. The molecule has 1 N–H and O–H groups in total. The maximum atomic E-state index is 10.6. The summed E-state index contributed by atoms with van der Waals surface area (Å²) in [5.74, 6) is -1.21. The van der Waals surface area contributed by atoms with E-state index in [4.69, 9.17) is 16.7 Å². The summed E-state index contributed by atoms with van der Waals surface area (Å²) in [7, 11) is 0. The average molecular weight is 490 g/mol. The Labute approximate surface area is 194 Å². The monoisotopic (exact) mass is 489 g/mol.